The van der Waals surface area contributed by atoms with Gasteiger partial charge in [0.1, 0.15) is 23.3 Å². The van der Waals surface area contributed by atoms with Gasteiger partial charge in [0.05, 0.1) is 75.9 Å². The Morgan fingerprint density at radius 1 is 0.313 bits per heavy atom. The van der Waals surface area contributed by atoms with Gasteiger partial charge in [-0.05, 0) is 260 Å². The number of nitrogens with one attached hydrogen (secondary N) is 4. The summed E-state index contributed by atoms with van der Waals surface area (Å²) in [5.41, 5.74) is 10.4. The van der Waals surface area contributed by atoms with Crippen molar-refractivity contribution in [1.82, 2.24) is 38.8 Å². The highest BCUT2D eigenvalue weighted by Crippen LogP contribution is 2.40. The topological polar surface area (TPSA) is 286 Å². The van der Waals surface area contributed by atoms with Crippen LogP contribution in [0.3, 0.4) is 0 Å². The molecule has 0 radical (unpaired) electrons. The molecule has 0 amide bonds. The van der Waals surface area contributed by atoms with E-state index >= 15 is 0 Å². The third kappa shape index (κ3) is 32.2. The Kier molecular flexibility index (Phi) is 37.7. The van der Waals surface area contributed by atoms with Gasteiger partial charge in [0.2, 0.25) is 40.1 Å². The van der Waals surface area contributed by atoms with Crippen LogP contribution in [0.15, 0.2) is 195 Å². The molecule has 28 heteroatoms. The fourth-order valence-corrected chi connectivity index (χ4v) is 24.2. The Hall–Kier alpha value is -7.84. The van der Waals surface area contributed by atoms with E-state index in [0.717, 1.165) is 229 Å². The molecule has 8 aromatic rings. The van der Waals surface area contributed by atoms with E-state index < -0.39 is 40.1 Å². The maximum atomic E-state index is 12.0. The van der Waals surface area contributed by atoms with Gasteiger partial charge in [0.15, 0.2) is 0 Å². The van der Waals surface area contributed by atoms with Crippen LogP contribution in [0.25, 0.3) is 0 Å². The molecule has 4 aliphatic heterocycles. The highest BCUT2D eigenvalue weighted by Gasteiger charge is 2.39. The molecule has 4 aromatic carbocycles. The molecule has 4 unspecified atom stereocenters. The van der Waals surface area contributed by atoms with Gasteiger partial charge in [-0.15, -0.1) is 0 Å². The highest BCUT2D eigenvalue weighted by atomic mass is 32.2. The van der Waals surface area contributed by atoms with E-state index in [1.165, 1.54) is 64.0 Å². The maximum Gasteiger partial charge on any atom is 0.208 e. The molecule has 4 aromatic heterocycles. The fraction of sp³-hybridized carbons (Fsp3) is 0.573. The van der Waals surface area contributed by atoms with Crippen molar-refractivity contribution >= 4 is 63.4 Å². The first-order valence-corrected chi connectivity index (χ1v) is 56.0. The number of hydrogen-bond acceptors (Lipinski definition) is 20. The number of aryl methyl sites for hydroxylation is 4. The first kappa shape index (κ1) is 101. The number of nitrogens with zero attached hydrogens (tertiary/aromatic N) is 8. The summed E-state index contributed by atoms with van der Waals surface area (Å²) in [5.74, 6) is 6.69. The summed E-state index contributed by atoms with van der Waals surface area (Å²) < 4.78 is 133. The first-order chi connectivity index (χ1) is 63.1. The molecular weight excluding hydrogens is 1730 g/mol. The number of aromatic nitrogens is 4. The first-order valence-electron chi connectivity index (χ1n) is 48.4. The minimum Gasteiger partial charge on any atom is -0.378 e. The zero-order valence-electron chi connectivity index (χ0n) is 78.6. The van der Waals surface area contributed by atoms with E-state index in [-0.39, 0.29) is 72.3 Å². The van der Waals surface area contributed by atoms with Crippen LogP contribution in [0.1, 0.15) is 217 Å². The van der Waals surface area contributed by atoms with Crippen LogP contribution in [-0.4, -0.2) is 206 Å². The minimum absolute atomic E-state index is 0.0902. The molecule has 24 nitrogen and oxygen atoms in total. The van der Waals surface area contributed by atoms with Crippen LogP contribution in [0, 0.1) is 30.6 Å². The number of hydrogen-bond donors (Lipinski definition) is 4. The van der Waals surface area contributed by atoms with Gasteiger partial charge in [-0.2, -0.15) is 0 Å². The lowest BCUT2D eigenvalue weighted by Gasteiger charge is -2.40. The Morgan fingerprint density at radius 3 is 0.924 bits per heavy atom. The highest BCUT2D eigenvalue weighted by molar-refractivity contribution is 7.89. The summed E-state index contributed by atoms with van der Waals surface area (Å²) in [6.07, 6.45) is 35.0. The predicted molar refractivity (Wildman–Crippen MR) is 528 cm³/mol. The van der Waals surface area contributed by atoms with Crippen molar-refractivity contribution in [2.45, 2.75) is 248 Å². The summed E-state index contributed by atoms with van der Waals surface area (Å²) in [4.78, 5) is 27.6. The number of rotatable bonds is 31. The van der Waals surface area contributed by atoms with Crippen LogP contribution in [0.4, 0.5) is 23.3 Å². The molecule has 4 N–H and O–H groups in total. The van der Waals surface area contributed by atoms with Gasteiger partial charge in [-0.25, -0.2) is 72.5 Å². The predicted octanol–water partition coefficient (Wildman–Crippen LogP) is 16.3. The summed E-state index contributed by atoms with van der Waals surface area (Å²) in [6, 6.07) is 61.2. The van der Waals surface area contributed by atoms with E-state index in [2.05, 4.69) is 233 Å². The third-order valence-corrected chi connectivity index (χ3v) is 31.1. The summed E-state index contributed by atoms with van der Waals surface area (Å²) in [7, 11) is -13.1. The number of piperidine rings is 4. The second-order valence-corrected chi connectivity index (χ2v) is 45.2. The zero-order chi connectivity index (χ0) is 92.3. The molecular formula is C103H146N12O12S4. The lowest BCUT2D eigenvalue weighted by molar-refractivity contribution is -0.00226. The number of anilines is 4. The van der Waals surface area contributed by atoms with E-state index in [4.69, 9.17) is 23.9 Å². The quantitative estimate of drug-likeness (QED) is 0.0314. The Balaban J connectivity index is 0.000000149. The normalized spacial score (nSPS) is 26.4. The van der Waals surface area contributed by atoms with E-state index in [1.807, 2.05) is 42.9 Å². The SMILES string of the molecule is CCc1ccc(N2CC[C@H](NS(C)(=O)=O)C(COC3CCC(c4ccccc4)CC3)C2)nc1.CCc1cccc(N2CC[C@H](NS(C)(=O)=O)C(COC3CCC(c4ccccc4)CC3)C2)n1.CCc1ccnc(N2CC[C@H](NS(C)(=O)=O)C(COC3CCC(c4ccccc4)CC3)C2)c1.Cc1ccnc(N2CC[C@H](NS(C)(=O)=O)C(COC3CCC(c4ccccc4)CC3)C2)c1. The molecule has 8 aliphatic rings. The Morgan fingerprint density at radius 2 is 0.626 bits per heavy atom. The summed E-state index contributed by atoms with van der Waals surface area (Å²) >= 11 is 0. The van der Waals surface area contributed by atoms with Crippen LogP contribution in [0.5, 0.6) is 0 Å². The smallest absolute Gasteiger partial charge is 0.208 e. The summed E-state index contributed by atoms with van der Waals surface area (Å²) in [6.45, 7) is 16.8. The van der Waals surface area contributed by atoms with Gasteiger partial charge >= 0.3 is 0 Å². The average Bonchev–Trinajstić information content (AvgIpc) is 0.823. The van der Waals surface area contributed by atoms with Gasteiger partial charge in [-0.1, -0.05) is 154 Å². The van der Waals surface area contributed by atoms with Crippen LogP contribution in [-0.2, 0) is 78.3 Å². The van der Waals surface area contributed by atoms with Crippen molar-refractivity contribution in [3.05, 3.63) is 239 Å². The molecule has 4 saturated carbocycles. The molecule has 16 rings (SSSR count). The number of pyridine rings is 4. The summed E-state index contributed by atoms with van der Waals surface area (Å²) in [5, 5.41) is 0. The molecule has 8 fully saturated rings. The minimum atomic E-state index is -3.27. The molecule has 714 valence electrons. The Labute approximate surface area is 783 Å². The van der Waals surface area contributed by atoms with Gasteiger partial charge in [0, 0.05) is 124 Å². The molecule has 131 heavy (non-hydrogen) atoms. The van der Waals surface area contributed by atoms with Crippen molar-refractivity contribution in [1.29, 1.82) is 0 Å². The Bertz CT molecular complexity index is 5070. The molecule has 8 heterocycles. The van der Waals surface area contributed by atoms with Gasteiger partial charge in [0.25, 0.3) is 0 Å². The molecule has 4 aliphatic carbocycles. The zero-order valence-corrected chi connectivity index (χ0v) is 81.8. The van der Waals surface area contributed by atoms with Crippen LogP contribution in [0.2, 0.25) is 0 Å². The molecule has 0 bridgehead atoms. The molecule has 4 saturated heterocycles. The van der Waals surface area contributed by atoms with Gasteiger partial charge in [-0.3, -0.25) is 0 Å². The number of sulfonamides is 4. The largest absolute Gasteiger partial charge is 0.378 e. The average molecular weight is 1870 g/mol. The number of ether oxygens (including phenoxy) is 4. The lowest BCUT2D eigenvalue weighted by atomic mass is 9.82. The maximum absolute atomic E-state index is 12.0. The van der Waals surface area contributed by atoms with Crippen molar-refractivity contribution in [3.8, 4) is 0 Å². The monoisotopic (exact) mass is 1870 g/mol. The van der Waals surface area contributed by atoms with E-state index in [9.17, 15) is 33.7 Å². The fourth-order valence-electron chi connectivity index (χ4n) is 20.7. The van der Waals surface area contributed by atoms with Crippen LogP contribution >= 0.6 is 0 Å². The van der Waals surface area contributed by atoms with E-state index in [0.29, 0.717) is 50.1 Å². The molecule has 0 spiro atoms. The second-order valence-electron chi connectivity index (χ2n) is 38.1. The third-order valence-electron chi connectivity index (χ3n) is 28.1. The van der Waals surface area contributed by atoms with Crippen molar-refractivity contribution in [2.75, 3.05) is 123 Å². The van der Waals surface area contributed by atoms with Crippen LogP contribution < -0.4 is 38.5 Å². The number of benzene rings is 4. The standard InChI is InChI=1S/3C26H37N3O3S.C25H35N3O3S/c1-3-23-10-7-11-26(27-23)29-17-16-25(28-33(2,30)31)22(18-29)19-32-24-14-12-21(13-15-24)20-8-5-4-6-9-20;1-3-20-9-14-26(27-17-20)29-16-15-25(28-33(2,30)31)23(18-29)19-32-24-12-10-22(11-13-24)21-7-5-4-6-8-21;1-3-20-13-15-27-26(17-20)29-16-14-25(28-33(2,30)31)23(18-29)19-32-24-11-9-22(10-12-24)21-7-5-4-6-8-21;1-19-12-14-26-25(16-19)28-15-13-24(27-32(2,29)30)22(17-28)18-31-23-10-8-21(9-11-23)20-6-4-3-5-7-20/h4-11,21-22,24-25,28H,3,12-19H2,1-2H3;4-9,14,17,22-25,28H,3,10-13,15-16,18-19H2,1-2H3;4-8,13,15,17,22-25,28H,3,9-12,14,16,18-19H2,1-2H3;3-7,12,14,16,21-24,27H,8-11,13,15,17-18H2,1-2H3/t21?,22?,24?,25-;2*22?,23?,24?,25-;21?,22?,23?,24-/m0000/s1. The van der Waals surface area contributed by atoms with Gasteiger partial charge < -0.3 is 38.5 Å². The van der Waals surface area contributed by atoms with Crippen molar-refractivity contribution in [2.24, 2.45) is 23.7 Å². The molecule has 8 atom stereocenters. The lowest BCUT2D eigenvalue weighted by Crippen LogP contribution is -2.52. The van der Waals surface area contributed by atoms with E-state index in [1.54, 1.807) is 0 Å². The second kappa shape index (κ2) is 49.1. The van der Waals surface area contributed by atoms with Crippen molar-refractivity contribution in [3.63, 3.8) is 0 Å². The van der Waals surface area contributed by atoms with Crippen molar-refractivity contribution < 1.29 is 52.6 Å².